The highest BCUT2D eigenvalue weighted by Crippen LogP contribution is 2.47. The molecule has 3 aromatic rings. The molecule has 2 heteroatoms. The number of benzene rings is 2. The Balaban J connectivity index is 1.96. The summed E-state index contributed by atoms with van der Waals surface area (Å²) in [6.45, 7) is 7.28. The zero-order chi connectivity index (χ0) is 17.6. The maximum absolute atomic E-state index is 9.57. The predicted octanol–water partition coefficient (Wildman–Crippen LogP) is 5.93. The van der Waals surface area contributed by atoms with Crippen LogP contribution in [0, 0.1) is 12.3 Å². The van der Waals surface area contributed by atoms with Crippen LogP contribution in [0.25, 0.3) is 21.2 Å². The van der Waals surface area contributed by atoms with Crippen molar-refractivity contribution in [3.05, 3.63) is 58.0 Å². The summed E-state index contributed by atoms with van der Waals surface area (Å²) in [7, 11) is 0. The fraction of sp³-hybridized carbons (Fsp3) is 0.391. The van der Waals surface area contributed by atoms with Crippen LogP contribution in [0.4, 0.5) is 0 Å². The minimum Gasteiger partial charge on any atom is -0.396 e. The van der Waals surface area contributed by atoms with Crippen molar-refractivity contribution >= 4 is 22.1 Å². The lowest BCUT2D eigenvalue weighted by Gasteiger charge is -2.29. The van der Waals surface area contributed by atoms with Gasteiger partial charge >= 0.3 is 0 Å². The third-order valence-corrected chi connectivity index (χ3v) is 7.07. The Morgan fingerprint density at radius 3 is 2.72 bits per heavy atom. The number of aryl methyl sites for hydroxylation is 1. The van der Waals surface area contributed by atoms with Crippen LogP contribution in [0.15, 0.2) is 36.4 Å². The highest BCUT2D eigenvalue weighted by Gasteiger charge is 2.30. The van der Waals surface area contributed by atoms with Crippen molar-refractivity contribution < 1.29 is 5.11 Å². The van der Waals surface area contributed by atoms with Gasteiger partial charge in [-0.05, 0) is 65.5 Å². The van der Waals surface area contributed by atoms with Gasteiger partial charge in [0, 0.05) is 21.9 Å². The second kappa shape index (κ2) is 6.26. The van der Waals surface area contributed by atoms with Gasteiger partial charge in [-0.2, -0.15) is 0 Å². The van der Waals surface area contributed by atoms with E-state index in [1.807, 2.05) is 11.3 Å². The number of aliphatic hydroxyl groups excluding tert-OH is 1. The Morgan fingerprint density at radius 1 is 1.12 bits per heavy atom. The van der Waals surface area contributed by atoms with Crippen LogP contribution in [-0.2, 0) is 19.3 Å². The van der Waals surface area contributed by atoms with E-state index in [9.17, 15) is 5.11 Å². The second-order valence-electron chi connectivity index (χ2n) is 8.09. The van der Waals surface area contributed by atoms with Crippen LogP contribution < -0.4 is 0 Å². The SMILES string of the molecule is Cc1c(-c2c(CCO)ccc3ccccc23)sc2c1CC(C)(C)CC2. The van der Waals surface area contributed by atoms with Crippen molar-refractivity contribution in [1.29, 1.82) is 0 Å². The van der Waals surface area contributed by atoms with Gasteiger partial charge in [0.05, 0.1) is 0 Å². The molecule has 0 amide bonds. The fourth-order valence-corrected chi connectivity index (χ4v) is 5.63. The topological polar surface area (TPSA) is 20.2 Å². The minimum atomic E-state index is 0.197. The quantitative estimate of drug-likeness (QED) is 0.621. The summed E-state index contributed by atoms with van der Waals surface area (Å²) in [5.41, 5.74) is 6.06. The first-order valence-corrected chi connectivity index (χ1v) is 10.0. The number of hydrogen-bond acceptors (Lipinski definition) is 2. The molecule has 0 radical (unpaired) electrons. The Kier molecular flexibility index (Phi) is 4.21. The highest BCUT2D eigenvalue weighted by atomic mass is 32.1. The maximum Gasteiger partial charge on any atom is 0.0471 e. The summed E-state index contributed by atoms with van der Waals surface area (Å²) in [5.74, 6) is 0. The van der Waals surface area contributed by atoms with Gasteiger partial charge in [0.2, 0.25) is 0 Å². The van der Waals surface area contributed by atoms with Gasteiger partial charge in [0.15, 0.2) is 0 Å². The molecule has 0 fully saturated rings. The summed E-state index contributed by atoms with van der Waals surface area (Å²) in [5, 5.41) is 12.2. The van der Waals surface area contributed by atoms with Gasteiger partial charge in [0.1, 0.15) is 0 Å². The van der Waals surface area contributed by atoms with E-state index < -0.39 is 0 Å². The van der Waals surface area contributed by atoms with Crippen LogP contribution in [0.5, 0.6) is 0 Å². The van der Waals surface area contributed by atoms with E-state index in [4.69, 9.17) is 0 Å². The zero-order valence-corrected chi connectivity index (χ0v) is 16.2. The van der Waals surface area contributed by atoms with Crippen molar-refractivity contribution in [1.82, 2.24) is 0 Å². The van der Waals surface area contributed by atoms with Gasteiger partial charge in [-0.1, -0.05) is 50.2 Å². The number of thiophene rings is 1. The van der Waals surface area contributed by atoms with E-state index in [2.05, 4.69) is 57.2 Å². The van der Waals surface area contributed by atoms with Gasteiger partial charge in [-0.15, -0.1) is 11.3 Å². The van der Waals surface area contributed by atoms with Crippen LogP contribution in [0.1, 0.15) is 41.8 Å². The Labute approximate surface area is 154 Å². The van der Waals surface area contributed by atoms with Crippen molar-refractivity contribution in [3.63, 3.8) is 0 Å². The Hall–Kier alpha value is -1.64. The smallest absolute Gasteiger partial charge is 0.0471 e. The molecule has 0 unspecified atom stereocenters. The normalized spacial score (nSPS) is 16.2. The fourth-order valence-electron chi connectivity index (χ4n) is 4.21. The molecule has 1 aliphatic rings. The van der Waals surface area contributed by atoms with Crippen molar-refractivity contribution in [2.45, 2.75) is 46.5 Å². The number of hydrogen-bond donors (Lipinski definition) is 1. The molecule has 1 heterocycles. The van der Waals surface area contributed by atoms with E-state index in [0.29, 0.717) is 11.8 Å². The first-order chi connectivity index (χ1) is 12.0. The Morgan fingerprint density at radius 2 is 1.92 bits per heavy atom. The molecule has 1 nitrogen and oxygen atoms in total. The molecule has 0 aliphatic heterocycles. The molecule has 4 rings (SSSR count). The molecule has 0 spiro atoms. The molecule has 1 aliphatic carbocycles. The zero-order valence-electron chi connectivity index (χ0n) is 15.4. The summed E-state index contributed by atoms with van der Waals surface area (Å²) in [4.78, 5) is 3.00. The van der Waals surface area contributed by atoms with Crippen LogP contribution >= 0.6 is 11.3 Å². The largest absolute Gasteiger partial charge is 0.396 e. The van der Waals surface area contributed by atoms with Gasteiger partial charge < -0.3 is 5.11 Å². The maximum atomic E-state index is 9.57. The third-order valence-electron chi connectivity index (χ3n) is 5.66. The molecule has 0 bridgehead atoms. The summed E-state index contributed by atoms with van der Waals surface area (Å²) in [6, 6.07) is 13.0. The molecule has 2 aromatic carbocycles. The van der Waals surface area contributed by atoms with Crippen molar-refractivity contribution in [2.75, 3.05) is 6.61 Å². The molecule has 25 heavy (non-hydrogen) atoms. The standard InChI is InChI=1S/C23H26OS/c1-15-19-14-23(2,3)12-10-20(19)25-22(15)21-17(11-13-24)9-8-16-6-4-5-7-18(16)21/h4-9,24H,10-14H2,1-3H3. The van der Waals surface area contributed by atoms with E-state index in [-0.39, 0.29) is 6.61 Å². The summed E-state index contributed by atoms with van der Waals surface area (Å²) < 4.78 is 0. The minimum absolute atomic E-state index is 0.197. The average molecular weight is 351 g/mol. The van der Waals surface area contributed by atoms with E-state index >= 15 is 0 Å². The number of fused-ring (bicyclic) bond motifs is 2. The van der Waals surface area contributed by atoms with E-state index in [1.165, 1.54) is 51.6 Å². The molecule has 1 N–H and O–H groups in total. The predicted molar refractivity (Wildman–Crippen MR) is 109 cm³/mol. The number of aliphatic hydroxyl groups is 1. The van der Waals surface area contributed by atoms with Gasteiger partial charge in [0.25, 0.3) is 0 Å². The molecular formula is C23H26OS. The lowest BCUT2D eigenvalue weighted by Crippen LogP contribution is -2.21. The molecule has 130 valence electrons. The molecule has 1 aromatic heterocycles. The van der Waals surface area contributed by atoms with Gasteiger partial charge in [-0.25, -0.2) is 0 Å². The van der Waals surface area contributed by atoms with Crippen LogP contribution in [0.3, 0.4) is 0 Å². The molecular weight excluding hydrogens is 324 g/mol. The first kappa shape index (κ1) is 16.8. The second-order valence-corrected chi connectivity index (χ2v) is 9.20. The summed E-state index contributed by atoms with van der Waals surface area (Å²) in [6.07, 6.45) is 4.38. The van der Waals surface area contributed by atoms with Crippen molar-refractivity contribution in [2.24, 2.45) is 5.41 Å². The van der Waals surface area contributed by atoms with E-state index in [0.717, 1.165) is 0 Å². The first-order valence-electron chi connectivity index (χ1n) is 9.23. The summed E-state index contributed by atoms with van der Waals surface area (Å²) >= 11 is 1.99. The number of rotatable bonds is 3. The highest BCUT2D eigenvalue weighted by molar-refractivity contribution is 7.16. The van der Waals surface area contributed by atoms with Gasteiger partial charge in [-0.3, -0.25) is 0 Å². The third kappa shape index (κ3) is 2.92. The molecule has 0 atom stereocenters. The van der Waals surface area contributed by atoms with Crippen LogP contribution in [-0.4, -0.2) is 11.7 Å². The molecule has 0 saturated carbocycles. The van der Waals surface area contributed by atoms with Crippen molar-refractivity contribution in [3.8, 4) is 10.4 Å². The van der Waals surface area contributed by atoms with E-state index in [1.54, 1.807) is 10.4 Å². The van der Waals surface area contributed by atoms with Crippen LogP contribution in [0.2, 0.25) is 0 Å². The average Bonchev–Trinajstić information content (AvgIpc) is 2.90. The monoisotopic (exact) mass is 350 g/mol. The molecule has 0 saturated heterocycles. The Bertz CT molecular complexity index is 933. The lowest BCUT2D eigenvalue weighted by atomic mass is 9.76. The lowest BCUT2D eigenvalue weighted by molar-refractivity contribution is 0.300.